The van der Waals surface area contributed by atoms with Crippen LogP contribution in [0.4, 0.5) is 5.69 Å². The maximum Gasteiger partial charge on any atom is 0.121 e. The third kappa shape index (κ3) is 2.67. The van der Waals surface area contributed by atoms with E-state index in [9.17, 15) is 0 Å². The van der Waals surface area contributed by atoms with Gasteiger partial charge in [-0.1, -0.05) is 6.07 Å². The van der Waals surface area contributed by atoms with E-state index >= 15 is 0 Å². The second-order valence-corrected chi connectivity index (χ2v) is 4.66. The summed E-state index contributed by atoms with van der Waals surface area (Å²) in [5.74, 6) is 0.938. The molecule has 1 aliphatic heterocycles. The molecule has 0 unspecified atom stereocenters. The van der Waals surface area contributed by atoms with Gasteiger partial charge in [-0.15, -0.1) is 0 Å². The van der Waals surface area contributed by atoms with E-state index in [4.69, 9.17) is 10.5 Å². The Morgan fingerprint density at radius 2 is 2.25 bits per heavy atom. The van der Waals surface area contributed by atoms with E-state index in [0.29, 0.717) is 6.04 Å². The van der Waals surface area contributed by atoms with Crippen molar-refractivity contribution >= 4 is 5.69 Å². The lowest BCUT2D eigenvalue weighted by molar-refractivity contribution is 0.242. The van der Waals surface area contributed by atoms with Crippen molar-refractivity contribution in [1.29, 1.82) is 0 Å². The first-order valence-corrected chi connectivity index (χ1v) is 5.92. The molecule has 2 N–H and O–H groups in total. The molecule has 0 amide bonds. The maximum absolute atomic E-state index is 5.91. The molecule has 0 aliphatic carbocycles. The number of nitrogens with zero attached hydrogens (tertiary/aromatic N) is 1. The zero-order chi connectivity index (χ0) is 11.5. The lowest BCUT2D eigenvalue weighted by Crippen LogP contribution is -2.26. The molecule has 1 aromatic carbocycles. The van der Waals surface area contributed by atoms with Gasteiger partial charge in [-0.05, 0) is 32.4 Å². The smallest absolute Gasteiger partial charge is 0.121 e. The molecule has 1 aromatic rings. The largest absolute Gasteiger partial charge is 0.491 e. The van der Waals surface area contributed by atoms with Crippen LogP contribution >= 0.6 is 0 Å². The van der Waals surface area contributed by atoms with Crippen molar-refractivity contribution in [2.24, 2.45) is 5.73 Å². The summed E-state index contributed by atoms with van der Waals surface area (Å²) in [6.07, 6.45) is 1.30. The minimum atomic E-state index is 0.219. The molecule has 0 aromatic heterocycles. The quantitative estimate of drug-likeness (QED) is 0.847. The van der Waals surface area contributed by atoms with Crippen LogP contribution in [0.3, 0.4) is 0 Å². The molecule has 88 valence electrons. The first-order valence-electron chi connectivity index (χ1n) is 5.92. The summed E-state index contributed by atoms with van der Waals surface area (Å²) in [5.41, 5.74) is 7.12. The minimum absolute atomic E-state index is 0.219. The molecule has 1 saturated heterocycles. The molecule has 3 heteroatoms. The lowest BCUT2D eigenvalue weighted by Gasteiger charge is -2.19. The first-order chi connectivity index (χ1) is 7.65. The molecule has 0 radical (unpaired) electrons. The van der Waals surface area contributed by atoms with Crippen molar-refractivity contribution in [2.75, 3.05) is 18.0 Å². The van der Waals surface area contributed by atoms with Crippen LogP contribution in [-0.4, -0.2) is 25.2 Å². The minimum Gasteiger partial charge on any atom is -0.491 e. The molecule has 2 rings (SSSR count). The van der Waals surface area contributed by atoms with E-state index in [1.54, 1.807) is 0 Å². The summed E-state index contributed by atoms with van der Waals surface area (Å²) >= 11 is 0. The Hall–Kier alpha value is -1.22. The maximum atomic E-state index is 5.91. The molecular formula is C13H20N2O. The van der Waals surface area contributed by atoms with E-state index in [0.717, 1.165) is 25.3 Å². The van der Waals surface area contributed by atoms with Gasteiger partial charge in [0.2, 0.25) is 0 Å². The van der Waals surface area contributed by atoms with E-state index in [1.807, 2.05) is 26.0 Å². The first kappa shape index (κ1) is 11.3. The topological polar surface area (TPSA) is 38.5 Å². The molecule has 0 bridgehead atoms. The fourth-order valence-electron chi connectivity index (χ4n) is 2.05. The Balaban J connectivity index is 2.09. The van der Waals surface area contributed by atoms with Gasteiger partial charge in [0.05, 0.1) is 6.10 Å². The highest BCUT2D eigenvalue weighted by Crippen LogP contribution is 2.24. The van der Waals surface area contributed by atoms with Crippen LogP contribution in [0, 0.1) is 0 Å². The number of hydrogen-bond donors (Lipinski definition) is 1. The molecule has 1 fully saturated rings. The predicted octanol–water partition coefficient (Wildman–Crippen LogP) is 2.01. The average molecular weight is 220 g/mol. The van der Waals surface area contributed by atoms with Crippen molar-refractivity contribution in [3.05, 3.63) is 24.3 Å². The monoisotopic (exact) mass is 220 g/mol. The molecule has 0 saturated carbocycles. The summed E-state index contributed by atoms with van der Waals surface area (Å²) in [4.78, 5) is 2.32. The van der Waals surface area contributed by atoms with Crippen molar-refractivity contribution in [1.82, 2.24) is 0 Å². The second-order valence-electron chi connectivity index (χ2n) is 4.66. The number of ether oxygens (including phenoxy) is 1. The third-order valence-corrected chi connectivity index (χ3v) is 2.78. The van der Waals surface area contributed by atoms with Gasteiger partial charge < -0.3 is 15.4 Å². The van der Waals surface area contributed by atoms with E-state index in [-0.39, 0.29) is 6.10 Å². The molecule has 0 spiro atoms. The van der Waals surface area contributed by atoms with Gasteiger partial charge in [0.1, 0.15) is 5.75 Å². The number of benzene rings is 1. The van der Waals surface area contributed by atoms with Crippen LogP contribution in [0.15, 0.2) is 24.3 Å². The predicted molar refractivity (Wildman–Crippen MR) is 67.0 cm³/mol. The summed E-state index contributed by atoms with van der Waals surface area (Å²) < 4.78 is 5.68. The second kappa shape index (κ2) is 4.74. The SMILES string of the molecule is CC(C)Oc1cccc(N2CC[C@@H](N)C2)c1. The highest BCUT2D eigenvalue weighted by atomic mass is 16.5. The van der Waals surface area contributed by atoms with E-state index in [2.05, 4.69) is 17.0 Å². The fraction of sp³-hybridized carbons (Fsp3) is 0.538. The summed E-state index contributed by atoms with van der Waals surface area (Å²) in [7, 11) is 0. The van der Waals surface area contributed by atoms with E-state index < -0.39 is 0 Å². The van der Waals surface area contributed by atoms with Crippen molar-refractivity contribution in [3.8, 4) is 5.75 Å². The number of hydrogen-bond acceptors (Lipinski definition) is 3. The Labute approximate surface area is 97.2 Å². The van der Waals surface area contributed by atoms with Gasteiger partial charge in [0, 0.05) is 30.9 Å². The summed E-state index contributed by atoms with van der Waals surface area (Å²) in [6.45, 7) is 6.08. The van der Waals surface area contributed by atoms with Gasteiger partial charge in [0.15, 0.2) is 0 Å². The van der Waals surface area contributed by atoms with Crippen molar-refractivity contribution in [2.45, 2.75) is 32.4 Å². The van der Waals surface area contributed by atoms with Gasteiger partial charge in [-0.3, -0.25) is 0 Å². The average Bonchev–Trinajstić information content (AvgIpc) is 2.64. The lowest BCUT2D eigenvalue weighted by atomic mass is 10.2. The Morgan fingerprint density at radius 1 is 1.44 bits per heavy atom. The highest BCUT2D eigenvalue weighted by Gasteiger charge is 2.19. The summed E-state index contributed by atoms with van der Waals surface area (Å²) in [5, 5.41) is 0. The van der Waals surface area contributed by atoms with Gasteiger partial charge >= 0.3 is 0 Å². The zero-order valence-electron chi connectivity index (χ0n) is 10.0. The van der Waals surface area contributed by atoms with Crippen molar-refractivity contribution < 1.29 is 4.74 Å². The molecule has 3 nitrogen and oxygen atoms in total. The normalized spacial score (nSPS) is 20.5. The molecular weight excluding hydrogens is 200 g/mol. The van der Waals surface area contributed by atoms with Crippen LogP contribution in [0.5, 0.6) is 5.75 Å². The Bertz CT molecular complexity index is 352. The van der Waals surface area contributed by atoms with E-state index in [1.165, 1.54) is 5.69 Å². The molecule has 16 heavy (non-hydrogen) atoms. The highest BCUT2D eigenvalue weighted by molar-refractivity contribution is 5.51. The number of nitrogens with two attached hydrogens (primary N) is 1. The van der Waals surface area contributed by atoms with Crippen LogP contribution < -0.4 is 15.4 Å². The Kier molecular flexibility index (Phi) is 3.34. The fourth-order valence-corrected chi connectivity index (χ4v) is 2.05. The van der Waals surface area contributed by atoms with Crippen LogP contribution in [0.25, 0.3) is 0 Å². The Morgan fingerprint density at radius 3 is 2.88 bits per heavy atom. The zero-order valence-corrected chi connectivity index (χ0v) is 10.0. The molecule has 1 heterocycles. The number of anilines is 1. The van der Waals surface area contributed by atoms with Crippen LogP contribution in [0.1, 0.15) is 20.3 Å². The number of rotatable bonds is 3. The van der Waals surface area contributed by atoms with Crippen molar-refractivity contribution in [3.63, 3.8) is 0 Å². The van der Waals surface area contributed by atoms with Crippen LogP contribution in [-0.2, 0) is 0 Å². The molecule has 1 aliphatic rings. The standard InChI is InChI=1S/C13H20N2O/c1-10(2)16-13-5-3-4-12(8-13)15-7-6-11(14)9-15/h3-5,8,10-11H,6-7,9,14H2,1-2H3/t11-/m1/s1. The van der Waals surface area contributed by atoms with Gasteiger partial charge in [0.25, 0.3) is 0 Å². The third-order valence-electron chi connectivity index (χ3n) is 2.78. The van der Waals surface area contributed by atoms with Gasteiger partial charge in [-0.2, -0.15) is 0 Å². The summed E-state index contributed by atoms with van der Waals surface area (Å²) in [6, 6.07) is 8.56. The van der Waals surface area contributed by atoms with Gasteiger partial charge in [-0.25, -0.2) is 0 Å². The molecule has 1 atom stereocenters. The van der Waals surface area contributed by atoms with Crippen LogP contribution in [0.2, 0.25) is 0 Å².